The molecule has 0 radical (unpaired) electrons. The lowest BCUT2D eigenvalue weighted by Crippen LogP contribution is -2.61. The maximum atomic E-state index is 13.1. The molecule has 3 nitrogen and oxygen atoms in total. The van der Waals surface area contributed by atoms with Gasteiger partial charge in [0.1, 0.15) is 0 Å². The molecule has 0 heterocycles. The van der Waals surface area contributed by atoms with E-state index in [-0.39, 0.29) is 23.1 Å². The first-order valence-electron chi connectivity index (χ1n) is 6.25. The van der Waals surface area contributed by atoms with E-state index in [0.29, 0.717) is 18.6 Å². The summed E-state index contributed by atoms with van der Waals surface area (Å²) >= 11 is 0. The number of hydrogen-bond acceptors (Lipinski definition) is 2. The van der Waals surface area contributed by atoms with E-state index in [1.165, 1.54) is 0 Å². The molecule has 1 N–H and O–H groups in total. The van der Waals surface area contributed by atoms with Crippen LogP contribution in [0.3, 0.4) is 0 Å². The Balaban J connectivity index is 2.11. The maximum absolute atomic E-state index is 13.1. The standard InChI is InChI=1S/C14H16F3NO2/c1-14(2)10(6-11(14)20-3)18-13(19)7-4-8(15)12(17)9(16)5-7/h4-5,10-11H,6H2,1-3H3,(H,18,19). The van der Waals surface area contributed by atoms with Crippen LogP contribution in [0.25, 0.3) is 0 Å². The zero-order valence-electron chi connectivity index (χ0n) is 11.5. The van der Waals surface area contributed by atoms with Gasteiger partial charge in [0, 0.05) is 24.1 Å². The van der Waals surface area contributed by atoms with Crippen molar-refractivity contribution in [3.63, 3.8) is 0 Å². The largest absolute Gasteiger partial charge is 0.381 e. The average Bonchev–Trinajstić information content (AvgIpc) is 2.39. The lowest BCUT2D eigenvalue weighted by atomic mass is 9.64. The predicted octanol–water partition coefficient (Wildman–Crippen LogP) is 2.65. The number of carbonyl (C=O) groups is 1. The van der Waals surface area contributed by atoms with Crippen molar-refractivity contribution >= 4 is 5.91 Å². The van der Waals surface area contributed by atoms with Crippen LogP contribution in [0.2, 0.25) is 0 Å². The molecule has 0 saturated heterocycles. The molecule has 0 aliphatic heterocycles. The monoisotopic (exact) mass is 287 g/mol. The van der Waals surface area contributed by atoms with Gasteiger partial charge in [0.05, 0.1) is 6.10 Å². The lowest BCUT2D eigenvalue weighted by Gasteiger charge is -2.51. The SMILES string of the molecule is COC1CC(NC(=O)c2cc(F)c(F)c(F)c2)C1(C)C. The van der Waals surface area contributed by atoms with Crippen LogP contribution in [0, 0.1) is 22.9 Å². The lowest BCUT2D eigenvalue weighted by molar-refractivity contribution is -0.0942. The second-order valence-electron chi connectivity index (χ2n) is 5.56. The van der Waals surface area contributed by atoms with Gasteiger partial charge in [0.2, 0.25) is 0 Å². The quantitative estimate of drug-likeness (QED) is 0.868. The number of carbonyl (C=O) groups excluding carboxylic acids is 1. The minimum Gasteiger partial charge on any atom is -0.381 e. The highest BCUT2D eigenvalue weighted by Crippen LogP contribution is 2.42. The number of amides is 1. The first-order chi connectivity index (χ1) is 9.27. The summed E-state index contributed by atoms with van der Waals surface area (Å²) in [5.74, 6) is -4.96. The average molecular weight is 287 g/mol. The number of hydrogen-bond donors (Lipinski definition) is 1. The van der Waals surface area contributed by atoms with E-state index in [4.69, 9.17) is 4.74 Å². The van der Waals surface area contributed by atoms with Gasteiger partial charge in [-0.2, -0.15) is 0 Å². The Morgan fingerprint density at radius 2 is 1.85 bits per heavy atom. The van der Waals surface area contributed by atoms with Gasteiger partial charge in [-0.25, -0.2) is 13.2 Å². The Labute approximate surface area is 115 Å². The summed E-state index contributed by atoms with van der Waals surface area (Å²) in [6.07, 6.45) is 0.649. The first-order valence-corrected chi connectivity index (χ1v) is 6.25. The number of ether oxygens (including phenoxy) is 1. The number of halogens is 3. The van der Waals surface area contributed by atoms with Gasteiger partial charge in [-0.3, -0.25) is 4.79 Å². The number of benzene rings is 1. The molecule has 0 aromatic heterocycles. The fourth-order valence-electron chi connectivity index (χ4n) is 2.46. The topological polar surface area (TPSA) is 38.3 Å². The summed E-state index contributed by atoms with van der Waals surface area (Å²) in [5.41, 5.74) is -0.500. The minimum atomic E-state index is -1.58. The van der Waals surface area contributed by atoms with Gasteiger partial charge in [-0.1, -0.05) is 13.8 Å². The van der Waals surface area contributed by atoms with Crippen molar-refractivity contribution in [2.45, 2.75) is 32.4 Å². The molecule has 1 aliphatic carbocycles. The minimum absolute atomic E-state index is 0.0227. The molecular formula is C14H16F3NO2. The smallest absolute Gasteiger partial charge is 0.251 e. The third-order valence-corrected chi connectivity index (χ3v) is 4.01. The Bertz CT molecular complexity index is 522. The summed E-state index contributed by atoms with van der Waals surface area (Å²) in [6.45, 7) is 3.86. The van der Waals surface area contributed by atoms with E-state index in [1.807, 2.05) is 13.8 Å². The van der Waals surface area contributed by atoms with Crippen LogP contribution in [0.5, 0.6) is 0 Å². The van der Waals surface area contributed by atoms with Crippen molar-refractivity contribution in [1.82, 2.24) is 5.32 Å². The second-order valence-corrected chi connectivity index (χ2v) is 5.56. The Hall–Kier alpha value is -1.56. The van der Waals surface area contributed by atoms with E-state index < -0.39 is 23.4 Å². The molecule has 1 amide bonds. The van der Waals surface area contributed by atoms with Crippen LogP contribution < -0.4 is 5.32 Å². The second kappa shape index (κ2) is 5.09. The Morgan fingerprint density at radius 3 is 2.30 bits per heavy atom. The molecule has 20 heavy (non-hydrogen) atoms. The molecule has 1 aromatic rings. The van der Waals surface area contributed by atoms with E-state index in [9.17, 15) is 18.0 Å². The van der Waals surface area contributed by atoms with E-state index >= 15 is 0 Å². The normalized spacial score (nSPS) is 24.1. The van der Waals surface area contributed by atoms with Crippen molar-refractivity contribution < 1.29 is 22.7 Å². The summed E-state index contributed by atoms with van der Waals surface area (Å²) in [7, 11) is 1.59. The summed E-state index contributed by atoms with van der Waals surface area (Å²) < 4.78 is 44.3. The van der Waals surface area contributed by atoms with Crippen LogP contribution in [0.4, 0.5) is 13.2 Å². The number of nitrogens with one attached hydrogen (secondary N) is 1. The zero-order valence-corrected chi connectivity index (χ0v) is 11.5. The number of rotatable bonds is 3. The van der Waals surface area contributed by atoms with Crippen molar-refractivity contribution in [2.24, 2.45) is 5.41 Å². The molecule has 1 aliphatic rings. The van der Waals surface area contributed by atoms with Gasteiger partial charge in [0.15, 0.2) is 17.5 Å². The number of methoxy groups -OCH3 is 1. The Kier molecular flexibility index (Phi) is 3.77. The molecule has 1 saturated carbocycles. The van der Waals surface area contributed by atoms with E-state index in [1.54, 1.807) is 7.11 Å². The third kappa shape index (κ3) is 2.40. The van der Waals surface area contributed by atoms with Crippen LogP contribution in [0.1, 0.15) is 30.6 Å². The first kappa shape index (κ1) is 14.8. The summed E-state index contributed by atoms with van der Waals surface area (Å²) in [5, 5.41) is 2.69. The molecule has 1 fully saturated rings. The highest BCUT2D eigenvalue weighted by Gasteiger charge is 2.49. The van der Waals surface area contributed by atoms with Crippen molar-refractivity contribution in [2.75, 3.05) is 7.11 Å². The van der Waals surface area contributed by atoms with E-state index in [2.05, 4.69) is 5.32 Å². The molecule has 110 valence electrons. The molecule has 1 aromatic carbocycles. The van der Waals surface area contributed by atoms with Gasteiger partial charge < -0.3 is 10.1 Å². The predicted molar refractivity (Wildman–Crippen MR) is 66.8 cm³/mol. The highest BCUT2D eigenvalue weighted by molar-refractivity contribution is 5.94. The van der Waals surface area contributed by atoms with Crippen LogP contribution in [0.15, 0.2) is 12.1 Å². The molecule has 2 rings (SSSR count). The third-order valence-electron chi connectivity index (χ3n) is 4.01. The molecule has 0 spiro atoms. The molecule has 0 bridgehead atoms. The van der Waals surface area contributed by atoms with E-state index in [0.717, 1.165) is 0 Å². The van der Waals surface area contributed by atoms with Crippen molar-refractivity contribution in [3.05, 3.63) is 35.1 Å². The maximum Gasteiger partial charge on any atom is 0.251 e. The van der Waals surface area contributed by atoms with Gasteiger partial charge in [-0.15, -0.1) is 0 Å². The summed E-state index contributed by atoms with van der Waals surface area (Å²) in [4.78, 5) is 11.9. The van der Waals surface area contributed by atoms with Gasteiger partial charge in [0.25, 0.3) is 5.91 Å². The summed E-state index contributed by atoms with van der Waals surface area (Å²) in [6, 6.07) is 1.22. The van der Waals surface area contributed by atoms with Crippen LogP contribution in [-0.2, 0) is 4.74 Å². The zero-order chi connectivity index (χ0) is 15.1. The van der Waals surface area contributed by atoms with Gasteiger partial charge >= 0.3 is 0 Å². The molecule has 2 unspecified atom stereocenters. The molecule has 2 atom stereocenters. The van der Waals surface area contributed by atoms with Crippen LogP contribution in [-0.4, -0.2) is 25.2 Å². The molecular weight excluding hydrogens is 271 g/mol. The highest BCUT2D eigenvalue weighted by atomic mass is 19.2. The molecule has 6 heteroatoms. The fourth-order valence-corrected chi connectivity index (χ4v) is 2.46. The fraction of sp³-hybridized carbons (Fsp3) is 0.500. The Morgan fingerprint density at radius 1 is 1.30 bits per heavy atom. The van der Waals surface area contributed by atoms with Crippen LogP contribution >= 0.6 is 0 Å². The van der Waals surface area contributed by atoms with Crippen molar-refractivity contribution in [1.29, 1.82) is 0 Å². The van der Waals surface area contributed by atoms with Crippen molar-refractivity contribution in [3.8, 4) is 0 Å². The van der Waals surface area contributed by atoms with Gasteiger partial charge in [-0.05, 0) is 18.6 Å².